The van der Waals surface area contributed by atoms with Gasteiger partial charge < -0.3 is 0 Å². The Morgan fingerprint density at radius 2 is 1.73 bits per heavy atom. The summed E-state index contributed by atoms with van der Waals surface area (Å²) in [5.74, 6) is -0.578. The molecule has 0 saturated carbocycles. The van der Waals surface area contributed by atoms with Gasteiger partial charge in [0.2, 0.25) is 0 Å². The van der Waals surface area contributed by atoms with E-state index >= 15 is 0 Å². The van der Waals surface area contributed by atoms with Crippen molar-refractivity contribution in [1.29, 1.82) is 21.0 Å². The Hall–Kier alpha value is -2.04. The molecule has 0 bridgehead atoms. The highest BCUT2D eigenvalue weighted by atomic mass is 14.5. The van der Waals surface area contributed by atoms with Gasteiger partial charge in [-0.25, -0.2) is 0 Å². The summed E-state index contributed by atoms with van der Waals surface area (Å²) in [6.07, 6.45) is 1.56. The Balaban J connectivity index is 4.78. The smallest absolute Gasteiger partial charge is 0.159 e. The summed E-state index contributed by atoms with van der Waals surface area (Å²) in [4.78, 5) is 0. The summed E-state index contributed by atoms with van der Waals surface area (Å²) in [5, 5.41) is 35.2. The van der Waals surface area contributed by atoms with Crippen LogP contribution >= 0.6 is 0 Å². The Morgan fingerprint density at radius 3 is 2.07 bits per heavy atom. The maximum atomic E-state index is 9.00. The van der Waals surface area contributed by atoms with Crippen LogP contribution in [0.4, 0.5) is 0 Å². The number of nitrogens with zero attached hydrogens (tertiary/aromatic N) is 4. The molecule has 76 valence electrons. The lowest BCUT2D eigenvalue weighted by Crippen LogP contribution is -2.26. The van der Waals surface area contributed by atoms with Crippen LogP contribution in [0.1, 0.15) is 32.6 Å². The fraction of sp³-hybridized carbons (Fsp3) is 0.636. The molecule has 0 rings (SSSR count). The normalized spacial score (nSPS) is 11.5. The van der Waals surface area contributed by atoms with Crippen LogP contribution < -0.4 is 0 Å². The van der Waals surface area contributed by atoms with Gasteiger partial charge in [0.25, 0.3) is 0 Å². The quantitative estimate of drug-likeness (QED) is 0.636. The molecule has 0 aromatic heterocycles. The molecular formula is C11H12N4. The third-order valence-corrected chi connectivity index (χ3v) is 2.42. The summed E-state index contributed by atoms with van der Waals surface area (Å²) in [7, 11) is 0. The molecule has 0 aromatic rings. The van der Waals surface area contributed by atoms with Crippen molar-refractivity contribution < 1.29 is 0 Å². The molecule has 4 heteroatoms. The van der Waals surface area contributed by atoms with Crippen molar-refractivity contribution in [3.8, 4) is 24.3 Å². The van der Waals surface area contributed by atoms with Gasteiger partial charge in [-0.15, -0.1) is 0 Å². The second kappa shape index (κ2) is 6.42. The molecule has 0 aliphatic carbocycles. The van der Waals surface area contributed by atoms with Crippen molar-refractivity contribution in [3.05, 3.63) is 0 Å². The SMILES string of the molecule is CCC(C#N)C(C#N)(C#N)CCCC#N. The zero-order valence-corrected chi connectivity index (χ0v) is 8.69. The third kappa shape index (κ3) is 2.98. The Morgan fingerprint density at radius 1 is 1.13 bits per heavy atom. The minimum atomic E-state index is -1.25. The lowest BCUT2D eigenvalue weighted by atomic mass is 9.73. The van der Waals surface area contributed by atoms with Gasteiger partial charge in [-0.1, -0.05) is 6.92 Å². The molecular weight excluding hydrogens is 188 g/mol. The first-order chi connectivity index (χ1) is 7.20. The first-order valence-corrected chi connectivity index (χ1v) is 4.79. The van der Waals surface area contributed by atoms with Crippen LogP contribution in [0.3, 0.4) is 0 Å². The molecule has 0 saturated heterocycles. The fourth-order valence-corrected chi connectivity index (χ4v) is 1.46. The van der Waals surface area contributed by atoms with Gasteiger partial charge in [0.05, 0.1) is 30.2 Å². The minimum absolute atomic E-state index is 0.291. The average Bonchev–Trinajstić information content (AvgIpc) is 2.28. The van der Waals surface area contributed by atoms with Crippen LogP contribution in [0.2, 0.25) is 0 Å². The predicted octanol–water partition coefficient (Wildman–Crippen LogP) is 2.26. The van der Waals surface area contributed by atoms with Crippen LogP contribution in [0.15, 0.2) is 0 Å². The summed E-state index contributed by atoms with van der Waals surface area (Å²) < 4.78 is 0. The van der Waals surface area contributed by atoms with E-state index in [1.165, 1.54) is 0 Å². The monoisotopic (exact) mass is 200 g/mol. The Labute approximate surface area is 90.0 Å². The summed E-state index contributed by atoms with van der Waals surface area (Å²) in [5.41, 5.74) is -1.25. The molecule has 0 fully saturated rings. The standard InChI is InChI=1S/C11H12N4/c1-2-10(7-13)11(8-14,9-15)5-3-4-6-12/h10H,2-5H2,1H3. The molecule has 4 nitrogen and oxygen atoms in total. The maximum absolute atomic E-state index is 9.00. The average molecular weight is 200 g/mol. The van der Waals surface area contributed by atoms with Crippen molar-refractivity contribution in [3.63, 3.8) is 0 Å². The largest absolute Gasteiger partial charge is 0.198 e. The van der Waals surface area contributed by atoms with Crippen LogP contribution in [0.5, 0.6) is 0 Å². The Kier molecular flexibility index (Phi) is 5.55. The van der Waals surface area contributed by atoms with E-state index in [1.807, 2.05) is 24.3 Å². The van der Waals surface area contributed by atoms with E-state index in [0.29, 0.717) is 25.7 Å². The van der Waals surface area contributed by atoms with E-state index in [0.717, 1.165) is 0 Å². The molecule has 0 aliphatic rings. The lowest BCUT2D eigenvalue weighted by Gasteiger charge is -2.22. The number of nitriles is 4. The maximum Gasteiger partial charge on any atom is 0.159 e. The van der Waals surface area contributed by atoms with Crippen LogP contribution in [-0.4, -0.2) is 0 Å². The van der Waals surface area contributed by atoms with Gasteiger partial charge in [0.15, 0.2) is 5.41 Å². The van der Waals surface area contributed by atoms with Crippen molar-refractivity contribution in [1.82, 2.24) is 0 Å². The van der Waals surface area contributed by atoms with E-state index in [9.17, 15) is 0 Å². The molecule has 1 unspecified atom stereocenters. The van der Waals surface area contributed by atoms with Crippen LogP contribution in [0, 0.1) is 56.7 Å². The molecule has 0 heterocycles. The number of hydrogen-bond donors (Lipinski definition) is 0. The van der Waals surface area contributed by atoms with Gasteiger partial charge in [0.1, 0.15) is 0 Å². The van der Waals surface area contributed by atoms with E-state index in [4.69, 9.17) is 21.0 Å². The van der Waals surface area contributed by atoms with Gasteiger partial charge in [-0.2, -0.15) is 21.0 Å². The number of rotatable bonds is 5. The lowest BCUT2D eigenvalue weighted by molar-refractivity contribution is 0.345. The molecule has 0 aliphatic heterocycles. The van der Waals surface area contributed by atoms with Gasteiger partial charge >= 0.3 is 0 Å². The molecule has 0 N–H and O–H groups in total. The molecule has 15 heavy (non-hydrogen) atoms. The molecule has 1 atom stereocenters. The molecule has 0 aromatic carbocycles. The summed E-state index contributed by atoms with van der Waals surface area (Å²) in [6.45, 7) is 1.78. The van der Waals surface area contributed by atoms with Crippen molar-refractivity contribution in [2.75, 3.05) is 0 Å². The third-order valence-electron chi connectivity index (χ3n) is 2.42. The highest BCUT2D eigenvalue weighted by Gasteiger charge is 2.38. The van der Waals surface area contributed by atoms with E-state index < -0.39 is 11.3 Å². The minimum Gasteiger partial charge on any atom is -0.198 e. The number of unbranched alkanes of at least 4 members (excludes halogenated alkanes) is 1. The molecule has 0 amide bonds. The van der Waals surface area contributed by atoms with E-state index in [1.54, 1.807) is 6.92 Å². The predicted molar refractivity (Wildman–Crippen MR) is 52.5 cm³/mol. The van der Waals surface area contributed by atoms with Gasteiger partial charge in [-0.05, 0) is 19.3 Å². The van der Waals surface area contributed by atoms with E-state index in [2.05, 4.69) is 0 Å². The van der Waals surface area contributed by atoms with Crippen molar-refractivity contribution >= 4 is 0 Å². The van der Waals surface area contributed by atoms with Crippen LogP contribution in [0.25, 0.3) is 0 Å². The van der Waals surface area contributed by atoms with Crippen molar-refractivity contribution in [2.45, 2.75) is 32.6 Å². The first-order valence-electron chi connectivity index (χ1n) is 4.79. The van der Waals surface area contributed by atoms with Gasteiger partial charge in [0, 0.05) is 6.42 Å². The second-order valence-corrected chi connectivity index (χ2v) is 3.30. The van der Waals surface area contributed by atoms with E-state index in [-0.39, 0.29) is 0 Å². The number of hydrogen-bond acceptors (Lipinski definition) is 4. The fourth-order valence-electron chi connectivity index (χ4n) is 1.46. The Bertz CT molecular complexity index is 344. The zero-order valence-electron chi connectivity index (χ0n) is 8.69. The van der Waals surface area contributed by atoms with Crippen LogP contribution in [-0.2, 0) is 0 Å². The highest BCUT2D eigenvalue weighted by Crippen LogP contribution is 2.34. The molecule has 0 spiro atoms. The summed E-state index contributed by atoms with van der Waals surface area (Å²) in [6, 6.07) is 7.82. The van der Waals surface area contributed by atoms with Crippen molar-refractivity contribution in [2.24, 2.45) is 11.3 Å². The zero-order chi connectivity index (χ0) is 11.7. The topological polar surface area (TPSA) is 95.2 Å². The first kappa shape index (κ1) is 13.0. The summed E-state index contributed by atoms with van der Waals surface area (Å²) >= 11 is 0. The molecule has 0 radical (unpaired) electrons. The second-order valence-electron chi connectivity index (χ2n) is 3.30. The highest BCUT2D eigenvalue weighted by molar-refractivity contribution is 5.20. The van der Waals surface area contributed by atoms with Gasteiger partial charge in [-0.3, -0.25) is 0 Å².